The van der Waals surface area contributed by atoms with Crippen molar-refractivity contribution in [3.8, 4) is 46.0 Å². The maximum Gasteiger partial charge on any atom is 0.324 e. The summed E-state index contributed by atoms with van der Waals surface area (Å²) in [7, 11) is 5.45. The lowest BCUT2D eigenvalue weighted by atomic mass is 10.1. The summed E-state index contributed by atoms with van der Waals surface area (Å²) in [6.07, 6.45) is -0.210. The zero-order valence-electron chi connectivity index (χ0n) is 68.6. The maximum atomic E-state index is 13.3. The highest BCUT2D eigenvalue weighted by Gasteiger charge is 2.28. The van der Waals surface area contributed by atoms with Crippen LogP contribution in [0.15, 0.2) is 48.5 Å². The number of rotatable bonds is 63. The third-order valence-corrected chi connectivity index (χ3v) is 17.4. The van der Waals surface area contributed by atoms with Crippen molar-refractivity contribution in [1.29, 1.82) is 0 Å². The Morgan fingerprint density at radius 3 is 0.692 bits per heavy atom. The van der Waals surface area contributed by atoms with E-state index in [0.29, 0.717) is 0 Å². The van der Waals surface area contributed by atoms with Gasteiger partial charge in [-0.05, 0) is 77.6 Å². The Bertz CT molecular complexity index is 3530. The topological polar surface area (TPSA) is 627 Å². The molecule has 0 heterocycles. The molecular weight excluding hydrogens is 1590 g/mol. The van der Waals surface area contributed by atoms with Crippen molar-refractivity contribution >= 4 is 70.3 Å². The van der Waals surface area contributed by atoms with Crippen molar-refractivity contribution < 1.29 is 115 Å². The summed E-state index contributed by atoms with van der Waals surface area (Å²) in [6.45, 7) is 6.99. The van der Waals surface area contributed by atoms with Crippen LogP contribution in [-0.4, -0.2) is 223 Å². The van der Waals surface area contributed by atoms with Gasteiger partial charge in [-0.25, -0.2) is 0 Å². The van der Waals surface area contributed by atoms with E-state index < -0.39 is 91.4 Å². The molecular formula is C74H112N18O28. The molecule has 0 fully saturated rings. The predicted molar refractivity (Wildman–Crippen MR) is 428 cm³/mol. The number of amides is 4. The average Bonchev–Trinajstić information content (AvgIpc) is 0.830. The van der Waals surface area contributed by atoms with Gasteiger partial charge >= 0.3 is 23.9 Å². The monoisotopic (exact) mass is 1700 g/mol. The molecule has 0 saturated heterocycles. The number of carbonyl (C=O) groups is 8. The molecule has 4 amide bonds. The lowest BCUT2D eigenvalue weighted by Gasteiger charge is -2.27. The molecule has 4 unspecified atom stereocenters. The SMILES string of the molecule is COc1cc(C(C)N)c([N+](=O)[O-])cc1OCCCC(=O)ONCCNC(=O)CCN(CCC(=O)NCCNOC(=O)CCCOc1cc([N+](=O)[O-])c(C(C)N)cc1OC)CCN(CCC(=O)NCCNOC(=O)CCCOc1cc([N+](=O)[O-])c(C(C)N)cc1OC)CCC(=O)NCCNOC(=O)CCCOc1cc([N+](=O)[O-])c(C(C)N)cc1OC. The van der Waals surface area contributed by atoms with E-state index in [1.165, 1.54) is 77.0 Å². The van der Waals surface area contributed by atoms with E-state index in [9.17, 15) is 78.8 Å². The Morgan fingerprint density at radius 1 is 0.317 bits per heavy atom. The van der Waals surface area contributed by atoms with Crippen LogP contribution >= 0.6 is 0 Å². The Balaban J connectivity index is 1.35. The fourth-order valence-corrected chi connectivity index (χ4v) is 11.1. The van der Waals surface area contributed by atoms with E-state index in [0.717, 1.165) is 0 Å². The number of hydrogen-bond donors (Lipinski definition) is 12. The summed E-state index contributed by atoms with van der Waals surface area (Å²) in [5.74, 6) is -3.16. The van der Waals surface area contributed by atoms with Crippen molar-refractivity contribution in [3.05, 3.63) is 111 Å². The molecule has 4 atom stereocenters. The third-order valence-electron chi connectivity index (χ3n) is 17.4. The Hall–Kier alpha value is -11.8. The van der Waals surface area contributed by atoms with Gasteiger partial charge in [0.2, 0.25) is 23.6 Å². The fourth-order valence-electron chi connectivity index (χ4n) is 11.1. The predicted octanol–water partition coefficient (Wildman–Crippen LogP) is 2.99. The van der Waals surface area contributed by atoms with Gasteiger partial charge in [0.25, 0.3) is 22.7 Å². The van der Waals surface area contributed by atoms with Crippen LogP contribution in [-0.2, 0) is 57.7 Å². The zero-order valence-corrected chi connectivity index (χ0v) is 68.6. The first kappa shape index (κ1) is 101. The molecule has 0 aromatic heterocycles. The molecule has 46 nitrogen and oxygen atoms in total. The van der Waals surface area contributed by atoms with Crippen molar-refractivity contribution in [2.75, 3.05) is 146 Å². The number of nitrogens with zero attached hydrogens (tertiary/aromatic N) is 6. The highest BCUT2D eigenvalue weighted by atomic mass is 16.7. The molecule has 0 saturated carbocycles. The van der Waals surface area contributed by atoms with Crippen molar-refractivity contribution in [2.45, 2.75) is 129 Å². The number of nitrogens with two attached hydrogens (primary N) is 4. The molecule has 4 aromatic rings. The number of hydrogen-bond acceptors (Lipinski definition) is 38. The van der Waals surface area contributed by atoms with E-state index in [1.807, 2.05) is 9.80 Å². The minimum Gasteiger partial charge on any atom is -0.493 e. The van der Waals surface area contributed by atoms with Crippen molar-refractivity contribution in [3.63, 3.8) is 0 Å². The number of hydroxylamine groups is 4. The van der Waals surface area contributed by atoms with E-state index >= 15 is 0 Å². The van der Waals surface area contributed by atoms with Crippen LogP contribution in [0.4, 0.5) is 22.7 Å². The third kappa shape index (κ3) is 37.5. The minimum atomic E-state index is -0.667. The van der Waals surface area contributed by atoms with Gasteiger partial charge in [-0.1, -0.05) is 0 Å². The minimum absolute atomic E-state index is 0.00567. The molecule has 0 radical (unpaired) electrons. The number of methoxy groups -OCH3 is 4. The van der Waals surface area contributed by atoms with Gasteiger partial charge < -0.3 is 111 Å². The van der Waals surface area contributed by atoms with E-state index in [1.54, 1.807) is 27.7 Å². The summed E-state index contributed by atoms with van der Waals surface area (Å²) in [5, 5.41) is 57.8. The van der Waals surface area contributed by atoms with E-state index in [4.69, 9.17) is 80.2 Å². The van der Waals surface area contributed by atoms with E-state index in [-0.39, 0.29) is 286 Å². The standard InChI is InChI=1S/C74H112N18O28/c1-47(75)51-39-59(109-5)63(43-55(51)89(101)102)113-35-9-13-71(97)117-83-25-21-79-67(93)17-29-87(30-18-68(94)80-22-26-84-118-72(98)14-10-36-114-64-44-56(90(103)104)52(48(2)76)40-60(64)110-6)33-34-88(31-19-69(95)81-23-27-85-119-73(99)15-11-37-115-65-45-57(91(105)106)53(49(3)77)41-61(65)111-7)32-20-70(96)82-24-28-86-120-74(100)16-12-38-116-66-46-58(92(107)108)54(50(4)78)42-62(66)112-8/h39-50,83-86H,9-38,75-78H2,1-8H3,(H,79,93)(H,80,94)(H,81,95)(H,82,96). The number of ether oxygens (including phenoxy) is 8. The lowest BCUT2D eigenvalue weighted by molar-refractivity contribution is -0.385. The van der Waals surface area contributed by atoms with Crippen molar-refractivity contribution in [1.82, 2.24) is 53.0 Å². The van der Waals surface area contributed by atoms with Gasteiger partial charge in [0.15, 0.2) is 46.0 Å². The fraction of sp³-hybridized carbons (Fsp3) is 0.568. The van der Waals surface area contributed by atoms with Crippen LogP contribution in [0, 0.1) is 40.5 Å². The second-order valence-corrected chi connectivity index (χ2v) is 26.8. The molecule has 4 rings (SSSR count). The van der Waals surface area contributed by atoms with Gasteiger partial charge in [-0.15, -0.1) is 0 Å². The molecule has 16 N–H and O–H groups in total. The first-order chi connectivity index (χ1) is 57.3. The zero-order chi connectivity index (χ0) is 88.6. The maximum absolute atomic E-state index is 13.3. The molecule has 4 aromatic carbocycles. The second-order valence-electron chi connectivity index (χ2n) is 26.8. The molecule has 120 heavy (non-hydrogen) atoms. The highest BCUT2D eigenvalue weighted by molar-refractivity contribution is 5.78. The van der Waals surface area contributed by atoms with Gasteiger partial charge in [-0.3, -0.25) is 78.8 Å². The Morgan fingerprint density at radius 2 is 0.517 bits per heavy atom. The first-order valence-corrected chi connectivity index (χ1v) is 38.5. The quantitative estimate of drug-likeness (QED) is 0.0131. The number of carbonyl (C=O) groups excluding carboxylic acids is 8. The summed E-state index contributed by atoms with van der Waals surface area (Å²) in [4.78, 5) is 172. The number of nitro benzene ring substituents is 4. The molecule has 0 aliphatic heterocycles. The number of nitro groups is 4. The Labute approximate surface area is 691 Å². The largest absolute Gasteiger partial charge is 0.493 e. The van der Waals surface area contributed by atoms with Gasteiger partial charge in [-0.2, -0.15) is 21.9 Å². The number of nitrogens with one attached hydrogen (secondary N) is 8. The molecule has 46 heteroatoms. The summed E-state index contributed by atoms with van der Waals surface area (Å²) < 4.78 is 44.1. The first-order valence-electron chi connectivity index (χ1n) is 38.5. The molecule has 0 spiro atoms. The number of benzene rings is 4. The van der Waals surface area contributed by atoms with Crippen LogP contribution in [0.2, 0.25) is 0 Å². The van der Waals surface area contributed by atoms with Crippen molar-refractivity contribution in [2.24, 2.45) is 22.9 Å². The summed E-state index contributed by atoms with van der Waals surface area (Å²) in [6, 6.07) is 7.80. The van der Waals surface area contributed by atoms with Gasteiger partial charge in [0.05, 0.1) is 147 Å². The summed E-state index contributed by atoms with van der Waals surface area (Å²) >= 11 is 0. The van der Waals surface area contributed by atoms with Gasteiger partial charge in [0.1, 0.15) is 0 Å². The van der Waals surface area contributed by atoms with Crippen LogP contribution in [0.25, 0.3) is 0 Å². The molecule has 0 bridgehead atoms. The molecule has 0 aliphatic rings. The average molecular weight is 1700 g/mol. The van der Waals surface area contributed by atoms with Gasteiger partial charge in [0, 0.05) is 141 Å². The second kappa shape index (κ2) is 55.1. The van der Waals surface area contributed by atoms with E-state index in [2.05, 4.69) is 43.2 Å². The smallest absolute Gasteiger partial charge is 0.324 e. The highest BCUT2D eigenvalue weighted by Crippen LogP contribution is 2.41. The van der Waals surface area contributed by atoms with Crippen LogP contribution < -0.4 is 104 Å². The normalized spacial score (nSPS) is 12.0. The van der Waals surface area contributed by atoms with Crippen LogP contribution in [0.1, 0.15) is 151 Å². The Kier molecular flexibility index (Phi) is 46.2. The van der Waals surface area contributed by atoms with Crippen LogP contribution in [0.3, 0.4) is 0 Å². The molecule has 666 valence electrons. The summed E-state index contributed by atoms with van der Waals surface area (Å²) in [5.41, 5.74) is 33.6. The molecule has 0 aliphatic carbocycles. The van der Waals surface area contributed by atoms with Crippen LogP contribution in [0.5, 0.6) is 46.0 Å². The lowest BCUT2D eigenvalue weighted by Crippen LogP contribution is -2.42.